The first kappa shape index (κ1) is 18.0. The Labute approximate surface area is 150 Å². The number of sulfone groups is 1. The van der Waals surface area contributed by atoms with Crippen molar-refractivity contribution in [2.24, 2.45) is 7.05 Å². The normalized spacial score (nSPS) is 19.4. The van der Waals surface area contributed by atoms with Crippen molar-refractivity contribution >= 4 is 32.2 Å². The molecule has 2 aromatic rings. The Balaban J connectivity index is 1.59. The molecule has 25 heavy (non-hydrogen) atoms. The Bertz CT molecular complexity index is 887. The van der Waals surface area contributed by atoms with Crippen LogP contribution < -0.4 is 5.32 Å². The Morgan fingerprint density at radius 2 is 2.28 bits per heavy atom. The molecule has 1 saturated heterocycles. The first-order valence-corrected chi connectivity index (χ1v) is 10.6. The van der Waals surface area contributed by atoms with Gasteiger partial charge in [-0.15, -0.1) is 11.3 Å². The highest BCUT2D eigenvalue weighted by atomic mass is 32.2. The standard InChI is InChI=1S/C15H21N5O3S2/c1-10-12(6-20(3)18-10)13-8-24-15(16-13)17-14(21)7-19(2)11-4-5-25(22,23)9-11/h6,8,11H,4-5,7,9H2,1-3H3,(H,16,17,21). The molecule has 0 spiro atoms. The number of aromatic nitrogens is 3. The van der Waals surface area contributed by atoms with Gasteiger partial charge in [0.25, 0.3) is 0 Å². The van der Waals surface area contributed by atoms with Crippen LogP contribution in [0.4, 0.5) is 5.13 Å². The molecule has 0 aliphatic carbocycles. The van der Waals surface area contributed by atoms with E-state index in [1.807, 2.05) is 25.5 Å². The molecule has 0 radical (unpaired) electrons. The highest BCUT2D eigenvalue weighted by Gasteiger charge is 2.31. The lowest BCUT2D eigenvalue weighted by atomic mass is 10.2. The van der Waals surface area contributed by atoms with Gasteiger partial charge in [0.1, 0.15) is 0 Å². The van der Waals surface area contributed by atoms with Gasteiger partial charge in [-0.25, -0.2) is 13.4 Å². The number of likely N-dealkylation sites (N-methyl/N-ethyl adjacent to an activating group) is 1. The van der Waals surface area contributed by atoms with E-state index in [0.29, 0.717) is 11.6 Å². The summed E-state index contributed by atoms with van der Waals surface area (Å²) in [6.45, 7) is 2.05. The van der Waals surface area contributed by atoms with Gasteiger partial charge in [-0.3, -0.25) is 14.4 Å². The second-order valence-corrected chi connectivity index (χ2v) is 9.45. The molecule has 1 atom stereocenters. The fraction of sp³-hybridized carbons (Fsp3) is 0.533. The monoisotopic (exact) mass is 383 g/mol. The second-order valence-electron chi connectivity index (χ2n) is 6.36. The van der Waals surface area contributed by atoms with E-state index in [0.717, 1.165) is 17.0 Å². The minimum absolute atomic E-state index is 0.0966. The van der Waals surface area contributed by atoms with Gasteiger partial charge in [-0.05, 0) is 20.4 Å². The average molecular weight is 383 g/mol. The fourth-order valence-electron chi connectivity index (χ4n) is 2.94. The molecule has 136 valence electrons. The zero-order chi connectivity index (χ0) is 18.2. The van der Waals surface area contributed by atoms with Crippen LogP contribution in [0.25, 0.3) is 11.3 Å². The van der Waals surface area contributed by atoms with Crippen LogP contribution >= 0.6 is 11.3 Å². The van der Waals surface area contributed by atoms with Gasteiger partial charge in [0.2, 0.25) is 5.91 Å². The molecule has 1 unspecified atom stereocenters. The molecule has 1 aliphatic heterocycles. The van der Waals surface area contributed by atoms with Gasteiger partial charge in [-0.1, -0.05) is 0 Å². The van der Waals surface area contributed by atoms with Crippen molar-refractivity contribution in [2.75, 3.05) is 30.4 Å². The summed E-state index contributed by atoms with van der Waals surface area (Å²) >= 11 is 1.36. The topological polar surface area (TPSA) is 97.2 Å². The summed E-state index contributed by atoms with van der Waals surface area (Å²) < 4.78 is 24.8. The minimum atomic E-state index is -2.96. The second kappa shape index (κ2) is 6.85. The number of hydrogen-bond donors (Lipinski definition) is 1. The van der Waals surface area contributed by atoms with Crippen molar-refractivity contribution in [2.45, 2.75) is 19.4 Å². The maximum atomic E-state index is 12.2. The van der Waals surface area contributed by atoms with E-state index in [9.17, 15) is 13.2 Å². The van der Waals surface area contributed by atoms with Crippen LogP contribution in [0, 0.1) is 6.92 Å². The number of thiazole rings is 1. The van der Waals surface area contributed by atoms with Crippen LogP contribution in [0.15, 0.2) is 11.6 Å². The van der Waals surface area contributed by atoms with Crippen molar-refractivity contribution in [1.29, 1.82) is 0 Å². The van der Waals surface area contributed by atoms with Crippen LogP contribution in [0.1, 0.15) is 12.1 Å². The number of aryl methyl sites for hydroxylation is 2. The lowest BCUT2D eigenvalue weighted by Crippen LogP contribution is -2.38. The number of carbonyl (C=O) groups excluding carboxylic acids is 1. The zero-order valence-electron chi connectivity index (χ0n) is 14.4. The van der Waals surface area contributed by atoms with Gasteiger partial charge in [-0.2, -0.15) is 5.10 Å². The maximum absolute atomic E-state index is 12.2. The van der Waals surface area contributed by atoms with Crippen molar-refractivity contribution in [3.63, 3.8) is 0 Å². The zero-order valence-corrected chi connectivity index (χ0v) is 16.0. The van der Waals surface area contributed by atoms with Crippen LogP contribution in [-0.2, 0) is 21.7 Å². The largest absolute Gasteiger partial charge is 0.301 e. The average Bonchev–Trinajstić information content (AvgIpc) is 3.18. The predicted octanol–water partition coefficient (Wildman–Crippen LogP) is 0.909. The molecule has 8 nitrogen and oxygen atoms in total. The van der Waals surface area contributed by atoms with Crippen LogP contribution in [0.5, 0.6) is 0 Å². The lowest BCUT2D eigenvalue weighted by Gasteiger charge is -2.21. The molecular weight excluding hydrogens is 362 g/mol. The SMILES string of the molecule is Cc1nn(C)cc1-c1csc(NC(=O)CN(C)C2CCS(=O)(=O)C2)n1. The summed E-state index contributed by atoms with van der Waals surface area (Å²) in [5.74, 6) is 0.123. The number of nitrogens with one attached hydrogen (secondary N) is 1. The van der Waals surface area contributed by atoms with E-state index >= 15 is 0 Å². The summed E-state index contributed by atoms with van der Waals surface area (Å²) in [6.07, 6.45) is 2.47. The van der Waals surface area contributed by atoms with Gasteiger partial charge >= 0.3 is 0 Å². The van der Waals surface area contributed by atoms with Gasteiger partial charge in [0, 0.05) is 30.2 Å². The van der Waals surface area contributed by atoms with Crippen LogP contribution in [0.3, 0.4) is 0 Å². The first-order valence-electron chi connectivity index (χ1n) is 7.90. The van der Waals surface area contributed by atoms with Gasteiger partial charge in [0.15, 0.2) is 15.0 Å². The number of hydrogen-bond acceptors (Lipinski definition) is 7. The molecule has 1 fully saturated rings. The predicted molar refractivity (Wildman–Crippen MR) is 97.4 cm³/mol. The first-order chi connectivity index (χ1) is 11.7. The summed E-state index contributed by atoms with van der Waals surface area (Å²) in [4.78, 5) is 18.4. The molecule has 3 rings (SSSR count). The van der Waals surface area contributed by atoms with Crippen molar-refractivity contribution in [3.8, 4) is 11.3 Å². The van der Waals surface area contributed by atoms with Gasteiger partial charge in [0.05, 0.1) is 29.4 Å². The number of amides is 1. The Kier molecular flexibility index (Phi) is 4.94. The third kappa shape index (κ3) is 4.25. The van der Waals surface area contributed by atoms with E-state index in [1.165, 1.54) is 11.3 Å². The summed E-state index contributed by atoms with van der Waals surface area (Å²) in [7, 11) is 0.671. The maximum Gasteiger partial charge on any atom is 0.240 e. The molecule has 0 saturated carbocycles. The third-order valence-electron chi connectivity index (χ3n) is 4.26. The highest BCUT2D eigenvalue weighted by Crippen LogP contribution is 2.26. The van der Waals surface area contributed by atoms with Gasteiger partial charge < -0.3 is 5.32 Å². The Morgan fingerprint density at radius 1 is 1.52 bits per heavy atom. The van der Waals surface area contributed by atoms with Crippen molar-refractivity contribution < 1.29 is 13.2 Å². The number of nitrogens with zero attached hydrogens (tertiary/aromatic N) is 4. The van der Waals surface area contributed by atoms with Crippen molar-refractivity contribution in [1.82, 2.24) is 19.7 Å². The smallest absolute Gasteiger partial charge is 0.240 e. The van der Waals surface area contributed by atoms with E-state index in [4.69, 9.17) is 0 Å². The molecule has 0 aromatic carbocycles. The Hall–Kier alpha value is -1.78. The molecule has 1 amide bonds. The molecule has 1 N–H and O–H groups in total. The molecule has 10 heteroatoms. The summed E-state index contributed by atoms with van der Waals surface area (Å²) in [5, 5.41) is 9.48. The quantitative estimate of drug-likeness (QED) is 0.824. The molecule has 2 aromatic heterocycles. The molecule has 3 heterocycles. The lowest BCUT2D eigenvalue weighted by molar-refractivity contribution is -0.117. The van der Waals surface area contributed by atoms with Crippen LogP contribution in [-0.4, -0.2) is 65.1 Å². The number of anilines is 1. The van der Waals surface area contributed by atoms with E-state index < -0.39 is 9.84 Å². The fourth-order valence-corrected chi connectivity index (χ4v) is 5.48. The number of rotatable bonds is 5. The van der Waals surface area contributed by atoms with Crippen molar-refractivity contribution in [3.05, 3.63) is 17.3 Å². The summed E-state index contributed by atoms with van der Waals surface area (Å²) in [6, 6.07) is -0.0966. The molecule has 0 bridgehead atoms. The Morgan fingerprint density at radius 3 is 2.88 bits per heavy atom. The van der Waals surface area contributed by atoms with E-state index in [2.05, 4.69) is 15.4 Å². The van der Waals surface area contributed by atoms with E-state index in [1.54, 1.807) is 16.6 Å². The van der Waals surface area contributed by atoms with Crippen LogP contribution in [0.2, 0.25) is 0 Å². The minimum Gasteiger partial charge on any atom is -0.301 e. The highest BCUT2D eigenvalue weighted by molar-refractivity contribution is 7.91. The van der Waals surface area contributed by atoms with E-state index in [-0.39, 0.29) is 30.0 Å². The molecule has 1 aliphatic rings. The third-order valence-corrected chi connectivity index (χ3v) is 6.77. The summed E-state index contributed by atoms with van der Waals surface area (Å²) in [5.41, 5.74) is 2.60. The number of carbonyl (C=O) groups is 1. The molecular formula is C15H21N5O3S2.